The van der Waals surface area contributed by atoms with Crippen molar-refractivity contribution in [3.8, 4) is 5.75 Å². The van der Waals surface area contributed by atoms with Crippen LogP contribution in [0.15, 0.2) is 83.8 Å². The normalized spacial score (nSPS) is 11.6. The Balaban J connectivity index is 1.55. The molecule has 0 aliphatic heterocycles. The zero-order valence-electron chi connectivity index (χ0n) is 16.2. The third-order valence-corrected chi connectivity index (χ3v) is 5.38. The lowest BCUT2D eigenvalue weighted by atomic mass is 10.2. The Morgan fingerprint density at radius 2 is 1.75 bits per heavy atom. The van der Waals surface area contributed by atoms with E-state index < -0.39 is 6.10 Å². The average molecular weight is 392 g/mol. The van der Waals surface area contributed by atoms with E-state index in [0.29, 0.717) is 6.42 Å². The predicted octanol–water partition coefficient (Wildman–Crippen LogP) is 6.08. The minimum atomic E-state index is -0.518. The number of amides is 1. The van der Waals surface area contributed by atoms with Crippen LogP contribution in [0.2, 0.25) is 0 Å². The molecule has 0 aliphatic rings. The van der Waals surface area contributed by atoms with Crippen LogP contribution in [0.4, 0.5) is 5.69 Å². The van der Waals surface area contributed by atoms with Gasteiger partial charge in [-0.05, 0) is 60.9 Å². The summed E-state index contributed by atoms with van der Waals surface area (Å²) < 4.78 is 5.87. The maximum absolute atomic E-state index is 12.6. The van der Waals surface area contributed by atoms with Crippen LogP contribution in [0.3, 0.4) is 0 Å². The van der Waals surface area contributed by atoms with Gasteiger partial charge in [-0.1, -0.05) is 49.4 Å². The van der Waals surface area contributed by atoms with Gasteiger partial charge in [0.25, 0.3) is 5.91 Å². The molecular formula is C24H25NO2S. The van der Waals surface area contributed by atoms with E-state index in [1.165, 1.54) is 10.5 Å². The molecule has 3 aromatic rings. The number of ether oxygens (including phenoxy) is 1. The van der Waals surface area contributed by atoms with Crippen molar-refractivity contribution in [2.75, 3.05) is 5.32 Å². The summed E-state index contributed by atoms with van der Waals surface area (Å²) in [5.41, 5.74) is 3.11. The number of benzene rings is 3. The third kappa shape index (κ3) is 5.89. The molecule has 3 aromatic carbocycles. The van der Waals surface area contributed by atoms with Gasteiger partial charge in [0.2, 0.25) is 0 Å². The SMILES string of the molecule is CC[C@@H](Oc1cccc(C)c1)C(=O)Nc1ccc(CSc2ccccc2)cc1. The fourth-order valence-corrected chi connectivity index (χ4v) is 3.64. The Morgan fingerprint density at radius 1 is 1.00 bits per heavy atom. The summed E-state index contributed by atoms with van der Waals surface area (Å²) in [6.07, 6.45) is 0.0843. The van der Waals surface area contributed by atoms with Crippen LogP contribution in [0.1, 0.15) is 24.5 Å². The summed E-state index contributed by atoms with van der Waals surface area (Å²) in [6.45, 7) is 3.95. The second kappa shape index (κ2) is 10.00. The minimum absolute atomic E-state index is 0.129. The number of hydrogen-bond acceptors (Lipinski definition) is 3. The van der Waals surface area contributed by atoms with E-state index in [-0.39, 0.29) is 5.91 Å². The number of aryl methyl sites for hydroxylation is 1. The third-order valence-electron chi connectivity index (χ3n) is 4.30. The Kier molecular flexibility index (Phi) is 7.15. The highest BCUT2D eigenvalue weighted by Gasteiger charge is 2.18. The molecule has 144 valence electrons. The monoisotopic (exact) mass is 391 g/mol. The number of carbonyl (C=O) groups excluding carboxylic acids is 1. The van der Waals surface area contributed by atoms with E-state index in [1.54, 1.807) is 11.8 Å². The lowest BCUT2D eigenvalue weighted by Crippen LogP contribution is -2.32. The standard InChI is InChI=1S/C24H25NO2S/c1-3-23(27-21-9-7-8-18(2)16-21)24(26)25-20-14-12-19(13-15-20)17-28-22-10-5-4-6-11-22/h4-16,23H,3,17H2,1-2H3,(H,25,26)/t23-/m1/s1. The molecule has 1 amide bonds. The average Bonchev–Trinajstić information content (AvgIpc) is 2.72. The Hall–Kier alpha value is -2.72. The first-order valence-electron chi connectivity index (χ1n) is 9.45. The maximum atomic E-state index is 12.6. The quantitative estimate of drug-likeness (QED) is 0.473. The molecule has 0 spiro atoms. The van der Waals surface area contributed by atoms with Crippen molar-refractivity contribution < 1.29 is 9.53 Å². The largest absolute Gasteiger partial charge is 0.481 e. The van der Waals surface area contributed by atoms with Crippen LogP contribution in [-0.2, 0) is 10.5 Å². The number of carbonyl (C=O) groups is 1. The van der Waals surface area contributed by atoms with Crippen LogP contribution in [0.25, 0.3) is 0 Å². The number of anilines is 1. The molecule has 3 rings (SSSR count). The van der Waals surface area contributed by atoms with Gasteiger partial charge < -0.3 is 10.1 Å². The van der Waals surface area contributed by atoms with Gasteiger partial charge in [-0.25, -0.2) is 0 Å². The van der Waals surface area contributed by atoms with Gasteiger partial charge in [-0.2, -0.15) is 0 Å². The van der Waals surface area contributed by atoms with Crippen LogP contribution >= 0.6 is 11.8 Å². The summed E-state index contributed by atoms with van der Waals surface area (Å²) in [5, 5.41) is 2.96. The molecular weight excluding hydrogens is 366 g/mol. The fourth-order valence-electron chi connectivity index (χ4n) is 2.77. The highest BCUT2D eigenvalue weighted by Crippen LogP contribution is 2.23. The van der Waals surface area contributed by atoms with Gasteiger partial charge in [0.15, 0.2) is 6.10 Å². The molecule has 0 radical (unpaired) electrons. The van der Waals surface area contributed by atoms with Crippen molar-refractivity contribution in [1.82, 2.24) is 0 Å². The molecule has 0 unspecified atom stereocenters. The second-order valence-electron chi connectivity index (χ2n) is 6.62. The predicted molar refractivity (Wildman–Crippen MR) is 117 cm³/mol. The maximum Gasteiger partial charge on any atom is 0.265 e. The first-order chi connectivity index (χ1) is 13.6. The lowest BCUT2D eigenvalue weighted by molar-refractivity contribution is -0.122. The van der Waals surface area contributed by atoms with Crippen molar-refractivity contribution in [1.29, 1.82) is 0 Å². The summed E-state index contributed by atoms with van der Waals surface area (Å²) >= 11 is 1.80. The molecule has 0 aliphatic carbocycles. The van der Waals surface area contributed by atoms with Crippen molar-refractivity contribution in [3.63, 3.8) is 0 Å². The van der Waals surface area contributed by atoms with E-state index in [4.69, 9.17) is 4.74 Å². The van der Waals surface area contributed by atoms with Gasteiger partial charge in [-0.3, -0.25) is 4.79 Å². The zero-order valence-corrected chi connectivity index (χ0v) is 17.0. The molecule has 0 aromatic heterocycles. The van der Waals surface area contributed by atoms with Crippen molar-refractivity contribution >= 4 is 23.4 Å². The lowest BCUT2D eigenvalue weighted by Gasteiger charge is -2.17. The molecule has 0 saturated carbocycles. The summed E-state index contributed by atoms with van der Waals surface area (Å²) in [6, 6.07) is 26.1. The van der Waals surface area contributed by atoms with E-state index in [9.17, 15) is 4.79 Å². The van der Waals surface area contributed by atoms with Gasteiger partial charge in [-0.15, -0.1) is 11.8 Å². The van der Waals surface area contributed by atoms with Gasteiger partial charge in [0.1, 0.15) is 5.75 Å². The van der Waals surface area contributed by atoms with E-state index in [0.717, 1.165) is 22.8 Å². The Bertz CT molecular complexity index is 894. The molecule has 4 heteroatoms. The fraction of sp³-hybridized carbons (Fsp3) is 0.208. The van der Waals surface area contributed by atoms with Gasteiger partial charge in [0.05, 0.1) is 0 Å². The number of nitrogens with one attached hydrogen (secondary N) is 1. The van der Waals surface area contributed by atoms with E-state index >= 15 is 0 Å². The molecule has 1 N–H and O–H groups in total. The topological polar surface area (TPSA) is 38.3 Å². The first kappa shape index (κ1) is 20.0. The second-order valence-corrected chi connectivity index (χ2v) is 7.67. The van der Waals surface area contributed by atoms with Crippen molar-refractivity contribution in [2.24, 2.45) is 0 Å². The smallest absolute Gasteiger partial charge is 0.265 e. The number of hydrogen-bond donors (Lipinski definition) is 1. The number of rotatable bonds is 8. The molecule has 28 heavy (non-hydrogen) atoms. The summed E-state index contributed by atoms with van der Waals surface area (Å²) in [5.74, 6) is 1.48. The molecule has 0 saturated heterocycles. The van der Waals surface area contributed by atoms with E-state index in [1.807, 2.05) is 80.6 Å². The molecule has 0 heterocycles. The van der Waals surface area contributed by atoms with Crippen molar-refractivity contribution in [3.05, 3.63) is 90.0 Å². The van der Waals surface area contributed by atoms with Gasteiger partial charge in [0, 0.05) is 16.3 Å². The highest BCUT2D eigenvalue weighted by molar-refractivity contribution is 7.98. The van der Waals surface area contributed by atoms with Crippen molar-refractivity contribution in [2.45, 2.75) is 37.0 Å². The van der Waals surface area contributed by atoms with Crippen LogP contribution in [0, 0.1) is 6.92 Å². The highest BCUT2D eigenvalue weighted by atomic mass is 32.2. The van der Waals surface area contributed by atoms with E-state index in [2.05, 4.69) is 17.4 Å². The number of thioether (sulfide) groups is 1. The molecule has 0 bridgehead atoms. The Morgan fingerprint density at radius 3 is 2.43 bits per heavy atom. The van der Waals surface area contributed by atoms with Gasteiger partial charge >= 0.3 is 0 Å². The van der Waals surface area contributed by atoms with Crippen LogP contribution < -0.4 is 10.1 Å². The minimum Gasteiger partial charge on any atom is -0.481 e. The Labute approximate surface area is 171 Å². The molecule has 3 nitrogen and oxygen atoms in total. The molecule has 0 fully saturated rings. The zero-order chi connectivity index (χ0) is 19.8. The van der Waals surface area contributed by atoms with Crippen LogP contribution in [0.5, 0.6) is 5.75 Å². The summed E-state index contributed by atoms with van der Waals surface area (Å²) in [7, 11) is 0. The first-order valence-corrected chi connectivity index (χ1v) is 10.4. The van der Waals surface area contributed by atoms with Crippen LogP contribution in [-0.4, -0.2) is 12.0 Å². The summed E-state index contributed by atoms with van der Waals surface area (Å²) in [4.78, 5) is 13.8. The molecule has 1 atom stereocenters.